The average Bonchev–Trinajstić information content (AvgIpc) is 2.12. The summed E-state index contributed by atoms with van der Waals surface area (Å²) in [6.07, 6.45) is 0.815. The van der Waals surface area contributed by atoms with Crippen molar-refractivity contribution in [2.45, 2.75) is 13.8 Å². The number of hydrogen-bond donors (Lipinski definition) is 0. The fourth-order valence-electron chi connectivity index (χ4n) is 0.540. The van der Waals surface area contributed by atoms with Gasteiger partial charge in [-0.3, -0.25) is 10.1 Å². The molecular formula is C7H8ClFN2O2. The summed E-state index contributed by atoms with van der Waals surface area (Å²) in [5.41, 5.74) is -0.522. The summed E-state index contributed by atoms with van der Waals surface area (Å²) >= 11 is 5.27. The smallest absolute Gasteiger partial charge is 0.258 e. The highest BCUT2D eigenvalue weighted by Gasteiger charge is 2.13. The zero-order chi connectivity index (χ0) is 10.4. The van der Waals surface area contributed by atoms with Crippen LogP contribution >= 0.6 is 11.6 Å². The molecule has 1 rings (SSSR count). The molecule has 72 valence electrons. The molecule has 0 bridgehead atoms. The Bertz CT molecular complexity index is 307. The lowest BCUT2D eigenvalue weighted by atomic mass is 10.4. The van der Waals surface area contributed by atoms with E-state index >= 15 is 0 Å². The van der Waals surface area contributed by atoms with Gasteiger partial charge in [-0.25, -0.2) is 9.37 Å². The van der Waals surface area contributed by atoms with Crippen molar-refractivity contribution in [3.05, 3.63) is 33.3 Å². The molecule has 0 spiro atoms. The van der Waals surface area contributed by atoms with Crippen molar-refractivity contribution in [2.24, 2.45) is 0 Å². The molecule has 0 unspecified atom stereocenters. The first kappa shape index (κ1) is 11.8. The lowest BCUT2D eigenvalue weighted by Crippen LogP contribution is -1.91. The molecule has 1 heterocycles. The summed E-state index contributed by atoms with van der Waals surface area (Å²) in [7, 11) is 0. The van der Waals surface area contributed by atoms with E-state index in [-0.39, 0.29) is 5.15 Å². The van der Waals surface area contributed by atoms with Crippen molar-refractivity contribution in [3.8, 4) is 0 Å². The Kier molecular flexibility index (Phi) is 4.91. The molecule has 1 aromatic rings. The van der Waals surface area contributed by atoms with Crippen molar-refractivity contribution in [1.82, 2.24) is 4.98 Å². The molecule has 0 saturated heterocycles. The Balaban J connectivity index is 0.000000671. The van der Waals surface area contributed by atoms with Crippen LogP contribution in [0.3, 0.4) is 0 Å². The van der Waals surface area contributed by atoms with Crippen LogP contribution in [0.5, 0.6) is 0 Å². The van der Waals surface area contributed by atoms with Crippen LogP contribution in [-0.2, 0) is 0 Å². The largest absolute Gasteiger partial charge is 0.309 e. The van der Waals surface area contributed by atoms with Gasteiger partial charge in [0, 0.05) is 0 Å². The van der Waals surface area contributed by atoms with E-state index in [1.807, 2.05) is 13.8 Å². The third kappa shape index (κ3) is 3.33. The van der Waals surface area contributed by atoms with Crippen LogP contribution in [-0.4, -0.2) is 9.91 Å². The van der Waals surface area contributed by atoms with Gasteiger partial charge in [-0.2, -0.15) is 0 Å². The van der Waals surface area contributed by atoms with Crippen LogP contribution in [0.15, 0.2) is 12.3 Å². The molecule has 0 amide bonds. The molecule has 0 aliphatic carbocycles. The number of nitro groups is 1. The number of rotatable bonds is 1. The SMILES string of the molecule is CC.O=[N+]([O-])c1cc(F)cnc1Cl. The molecule has 0 atom stereocenters. The molecule has 4 nitrogen and oxygen atoms in total. The maximum Gasteiger partial charge on any atom is 0.309 e. The van der Waals surface area contributed by atoms with E-state index in [9.17, 15) is 14.5 Å². The van der Waals surface area contributed by atoms with Crippen LogP contribution in [0, 0.1) is 15.9 Å². The molecule has 0 radical (unpaired) electrons. The van der Waals surface area contributed by atoms with Gasteiger partial charge < -0.3 is 0 Å². The molecule has 0 N–H and O–H groups in total. The topological polar surface area (TPSA) is 56.0 Å². The van der Waals surface area contributed by atoms with Crippen LogP contribution < -0.4 is 0 Å². The minimum atomic E-state index is -0.793. The molecule has 0 aliphatic rings. The van der Waals surface area contributed by atoms with Gasteiger partial charge in [-0.05, 0) is 0 Å². The first-order valence-corrected chi connectivity index (χ1v) is 3.94. The standard InChI is InChI=1S/C5H2ClFN2O2.C2H6/c6-5-4(9(10)11)1-3(7)2-8-5;1-2/h1-2H;1-2H3. The lowest BCUT2D eigenvalue weighted by Gasteiger charge is -1.92. The minimum Gasteiger partial charge on any atom is -0.258 e. The summed E-state index contributed by atoms with van der Waals surface area (Å²) in [6, 6.07) is 0.718. The van der Waals surface area contributed by atoms with Gasteiger partial charge in [0.15, 0.2) is 0 Å². The Labute approximate surface area is 79.5 Å². The highest BCUT2D eigenvalue weighted by molar-refractivity contribution is 6.31. The Morgan fingerprint density at radius 3 is 2.54 bits per heavy atom. The second-order valence-electron chi connectivity index (χ2n) is 1.72. The van der Waals surface area contributed by atoms with Crippen molar-refractivity contribution >= 4 is 17.3 Å². The minimum absolute atomic E-state index is 0.309. The maximum absolute atomic E-state index is 12.3. The maximum atomic E-state index is 12.3. The number of hydrogen-bond acceptors (Lipinski definition) is 3. The predicted molar refractivity (Wildman–Crippen MR) is 47.2 cm³/mol. The van der Waals surface area contributed by atoms with Crippen LogP contribution in [0.4, 0.5) is 10.1 Å². The zero-order valence-electron chi connectivity index (χ0n) is 7.12. The number of aromatic nitrogens is 1. The number of nitrogens with zero attached hydrogens (tertiary/aromatic N) is 2. The monoisotopic (exact) mass is 206 g/mol. The van der Waals surface area contributed by atoms with Gasteiger partial charge in [-0.1, -0.05) is 25.4 Å². The second kappa shape index (κ2) is 5.42. The quantitative estimate of drug-likeness (QED) is 0.403. The van der Waals surface area contributed by atoms with Crippen molar-refractivity contribution < 1.29 is 9.31 Å². The van der Waals surface area contributed by atoms with Gasteiger partial charge in [0.2, 0.25) is 5.15 Å². The Morgan fingerprint density at radius 1 is 1.62 bits per heavy atom. The van der Waals surface area contributed by atoms with Crippen LogP contribution in [0.1, 0.15) is 13.8 Å². The highest BCUT2D eigenvalue weighted by atomic mass is 35.5. The van der Waals surface area contributed by atoms with Crippen molar-refractivity contribution in [2.75, 3.05) is 0 Å². The zero-order valence-corrected chi connectivity index (χ0v) is 7.88. The molecular weight excluding hydrogens is 199 g/mol. The molecule has 1 aromatic heterocycles. The average molecular weight is 207 g/mol. The van der Waals surface area contributed by atoms with Crippen molar-refractivity contribution in [1.29, 1.82) is 0 Å². The fraction of sp³-hybridized carbons (Fsp3) is 0.286. The molecule has 13 heavy (non-hydrogen) atoms. The first-order valence-electron chi connectivity index (χ1n) is 3.56. The van der Waals surface area contributed by atoms with Gasteiger partial charge >= 0.3 is 5.69 Å². The number of pyridine rings is 1. The summed E-state index contributed by atoms with van der Waals surface area (Å²) in [6.45, 7) is 4.00. The van der Waals surface area contributed by atoms with E-state index in [0.29, 0.717) is 0 Å². The van der Waals surface area contributed by atoms with E-state index in [1.165, 1.54) is 0 Å². The molecule has 6 heteroatoms. The summed E-state index contributed by atoms with van der Waals surface area (Å²) in [5, 5.41) is 9.78. The van der Waals surface area contributed by atoms with E-state index in [1.54, 1.807) is 0 Å². The summed E-state index contributed by atoms with van der Waals surface area (Å²) < 4.78 is 12.3. The van der Waals surface area contributed by atoms with Gasteiger partial charge in [0.25, 0.3) is 0 Å². The molecule has 0 aromatic carbocycles. The van der Waals surface area contributed by atoms with E-state index in [4.69, 9.17) is 11.6 Å². The highest BCUT2D eigenvalue weighted by Crippen LogP contribution is 2.21. The predicted octanol–water partition coefficient (Wildman–Crippen LogP) is 2.81. The Morgan fingerprint density at radius 2 is 2.15 bits per heavy atom. The third-order valence-electron chi connectivity index (χ3n) is 0.984. The lowest BCUT2D eigenvalue weighted by molar-refractivity contribution is -0.385. The van der Waals surface area contributed by atoms with E-state index in [0.717, 1.165) is 12.3 Å². The molecule has 0 fully saturated rings. The molecule has 0 saturated carbocycles. The van der Waals surface area contributed by atoms with E-state index in [2.05, 4.69) is 4.98 Å². The number of halogens is 2. The second-order valence-corrected chi connectivity index (χ2v) is 2.08. The Hall–Kier alpha value is -1.23. The first-order chi connectivity index (χ1) is 6.11. The summed E-state index contributed by atoms with van der Waals surface area (Å²) in [5.74, 6) is -0.777. The van der Waals surface area contributed by atoms with E-state index < -0.39 is 16.4 Å². The van der Waals surface area contributed by atoms with Gasteiger partial charge in [0.05, 0.1) is 17.2 Å². The third-order valence-corrected chi connectivity index (χ3v) is 1.28. The fourth-order valence-corrected chi connectivity index (χ4v) is 0.712. The van der Waals surface area contributed by atoms with Gasteiger partial charge in [-0.15, -0.1) is 0 Å². The van der Waals surface area contributed by atoms with Crippen LogP contribution in [0.25, 0.3) is 0 Å². The van der Waals surface area contributed by atoms with Gasteiger partial charge in [0.1, 0.15) is 5.82 Å². The normalized spacial score (nSPS) is 8.62. The van der Waals surface area contributed by atoms with Crippen LogP contribution in [0.2, 0.25) is 5.15 Å². The van der Waals surface area contributed by atoms with Crippen molar-refractivity contribution in [3.63, 3.8) is 0 Å². The molecule has 0 aliphatic heterocycles. The summed E-state index contributed by atoms with van der Waals surface area (Å²) in [4.78, 5) is 12.5.